The number of H-pyrrole nitrogens is 1. The molecule has 0 aliphatic rings. The summed E-state index contributed by atoms with van der Waals surface area (Å²) < 4.78 is 0.920. The van der Waals surface area contributed by atoms with Crippen LogP contribution in [0.25, 0.3) is 22.4 Å². The molecule has 0 radical (unpaired) electrons. The average Bonchev–Trinajstić information content (AvgIpc) is 2.74. The third kappa shape index (κ3) is 1.78. The normalized spacial score (nSPS) is 10.9. The largest absolute Gasteiger partial charge is 0.397 e. The van der Waals surface area contributed by atoms with E-state index in [2.05, 4.69) is 30.9 Å². The Morgan fingerprint density at radius 3 is 2.88 bits per heavy atom. The molecule has 0 spiro atoms. The zero-order valence-corrected chi connectivity index (χ0v) is 10.4. The number of rotatable bonds is 1. The van der Waals surface area contributed by atoms with Crippen LogP contribution in [0.4, 0.5) is 5.69 Å². The number of nitrogens with two attached hydrogens (primary N) is 1. The molecule has 17 heavy (non-hydrogen) atoms. The first kappa shape index (κ1) is 10.3. The fraction of sp³-hybridized carbons (Fsp3) is 0. The molecule has 0 unspecified atom stereocenters. The van der Waals surface area contributed by atoms with E-state index in [0.717, 1.165) is 26.9 Å². The molecule has 0 atom stereocenters. The molecule has 3 rings (SSSR count). The van der Waals surface area contributed by atoms with Gasteiger partial charge in [0, 0.05) is 22.4 Å². The van der Waals surface area contributed by atoms with Crippen molar-refractivity contribution in [2.75, 3.05) is 5.73 Å². The number of hydrogen-bond acceptors (Lipinski definition) is 3. The van der Waals surface area contributed by atoms with Gasteiger partial charge in [0.25, 0.3) is 0 Å². The molecular formula is C12H9BrN4. The first-order chi connectivity index (χ1) is 8.24. The van der Waals surface area contributed by atoms with E-state index in [1.807, 2.05) is 24.3 Å². The summed E-state index contributed by atoms with van der Waals surface area (Å²) in [6.45, 7) is 0. The maximum atomic E-state index is 5.87. The molecule has 3 aromatic rings. The molecule has 0 fully saturated rings. The number of hydrogen-bond donors (Lipinski definition) is 2. The van der Waals surface area contributed by atoms with Crippen molar-refractivity contribution in [1.82, 2.24) is 15.0 Å². The molecule has 2 heterocycles. The second-order valence-electron chi connectivity index (χ2n) is 3.72. The van der Waals surface area contributed by atoms with Gasteiger partial charge in [-0.15, -0.1) is 0 Å². The highest BCUT2D eigenvalue weighted by Crippen LogP contribution is 2.24. The quantitative estimate of drug-likeness (QED) is 0.677. The number of fused-ring (bicyclic) bond motifs is 1. The molecule has 0 aliphatic heterocycles. The van der Waals surface area contributed by atoms with Gasteiger partial charge >= 0.3 is 0 Å². The lowest BCUT2D eigenvalue weighted by molar-refractivity contribution is 1.26. The molecule has 0 aliphatic carbocycles. The number of pyridine rings is 1. The minimum atomic E-state index is 0.674. The minimum absolute atomic E-state index is 0.674. The number of anilines is 1. The third-order valence-corrected chi connectivity index (χ3v) is 2.96. The Morgan fingerprint density at radius 1 is 1.24 bits per heavy atom. The minimum Gasteiger partial charge on any atom is -0.397 e. The van der Waals surface area contributed by atoms with Crippen LogP contribution < -0.4 is 5.73 Å². The molecule has 84 valence electrons. The van der Waals surface area contributed by atoms with Crippen molar-refractivity contribution in [3.8, 4) is 11.4 Å². The average molecular weight is 289 g/mol. The molecule has 1 aromatic carbocycles. The van der Waals surface area contributed by atoms with E-state index in [1.165, 1.54) is 0 Å². The van der Waals surface area contributed by atoms with Crippen molar-refractivity contribution in [1.29, 1.82) is 0 Å². The van der Waals surface area contributed by atoms with Crippen LogP contribution in [-0.4, -0.2) is 15.0 Å². The van der Waals surface area contributed by atoms with E-state index >= 15 is 0 Å². The highest BCUT2D eigenvalue weighted by atomic mass is 79.9. The van der Waals surface area contributed by atoms with Gasteiger partial charge in [0.15, 0.2) is 0 Å². The Labute approximate surface area is 106 Å². The lowest BCUT2D eigenvalue weighted by atomic mass is 10.3. The zero-order chi connectivity index (χ0) is 11.8. The molecule has 3 N–H and O–H groups in total. The summed E-state index contributed by atoms with van der Waals surface area (Å²) in [4.78, 5) is 11.8. The van der Waals surface area contributed by atoms with Crippen LogP contribution in [0.2, 0.25) is 0 Å². The number of nitrogens with one attached hydrogen (secondary N) is 1. The number of aromatic amines is 1. The Hall–Kier alpha value is -1.88. The summed E-state index contributed by atoms with van der Waals surface area (Å²) >= 11 is 3.39. The smallest absolute Gasteiger partial charge is 0.140 e. The summed E-state index contributed by atoms with van der Waals surface area (Å²) in [7, 11) is 0. The number of halogens is 1. The van der Waals surface area contributed by atoms with Gasteiger partial charge in [-0.3, -0.25) is 4.98 Å². The molecule has 5 heteroatoms. The molecule has 4 nitrogen and oxygen atoms in total. The van der Waals surface area contributed by atoms with Crippen LogP contribution in [-0.2, 0) is 0 Å². The Morgan fingerprint density at radius 2 is 2.12 bits per heavy atom. The van der Waals surface area contributed by atoms with Crippen molar-refractivity contribution >= 4 is 32.7 Å². The van der Waals surface area contributed by atoms with Gasteiger partial charge in [-0.1, -0.05) is 6.07 Å². The monoisotopic (exact) mass is 288 g/mol. The zero-order valence-electron chi connectivity index (χ0n) is 8.81. The molecule has 2 aromatic heterocycles. The van der Waals surface area contributed by atoms with Crippen LogP contribution in [0.1, 0.15) is 0 Å². The third-order valence-electron chi connectivity index (χ3n) is 2.52. The van der Waals surface area contributed by atoms with Crippen LogP contribution in [0.15, 0.2) is 41.1 Å². The lowest BCUT2D eigenvalue weighted by Crippen LogP contribution is -1.85. The Bertz CT molecular complexity index is 690. The summed E-state index contributed by atoms with van der Waals surface area (Å²) in [5, 5.41) is 0. The number of aromatic nitrogens is 3. The van der Waals surface area contributed by atoms with Crippen molar-refractivity contribution in [2.24, 2.45) is 0 Å². The molecule has 0 amide bonds. The fourth-order valence-corrected chi connectivity index (χ4v) is 2.10. The number of para-hydroxylation sites is 1. The van der Waals surface area contributed by atoms with Crippen LogP contribution >= 0.6 is 15.9 Å². The van der Waals surface area contributed by atoms with E-state index in [9.17, 15) is 0 Å². The number of nitrogen functional groups attached to an aromatic ring is 1. The van der Waals surface area contributed by atoms with E-state index in [-0.39, 0.29) is 0 Å². The highest BCUT2D eigenvalue weighted by molar-refractivity contribution is 9.10. The van der Waals surface area contributed by atoms with Gasteiger partial charge in [0.05, 0.1) is 11.2 Å². The SMILES string of the molecule is Nc1cccc2[nH]c(-c3cncc(Br)c3)nc12. The van der Waals surface area contributed by atoms with Gasteiger partial charge in [-0.25, -0.2) is 4.98 Å². The highest BCUT2D eigenvalue weighted by Gasteiger charge is 2.07. The molecule has 0 bridgehead atoms. The number of benzene rings is 1. The van der Waals surface area contributed by atoms with E-state index < -0.39 is 0 Å². The first-order valence-corrected chi connectivity index (χ1v) is 5.88. The maximum Gasteiger partial charge on any atom is 0.140 e. The topological polar surface area (TPSA) is 67.6 Å². The fourth-order valence-electron chi connectivity index (χ4n) is 1.73. The van der Waals surface area contributed by atoms with Crippen molar-refractivity contribution in [3.05, 3.63) is 41.1 Å². The predicted octanol–water partition coefficient (Wildman–Crippen LogP) is 2.97. The van der Waals surface area contributed by atoms with E-state index in [0.29, 0.717) is 5.69 Å². The van der Waals surface area contributed by atoms with Gasteiger partial charge in [-0.2, -0.15) is 0 Å². The summed E-state index contributed by atoms with van der Waals surface area (Å²) in [5.41, 5.74) is 9.19. The summed E-state index contributed by atoms with van der Waals surface area (Å²) in [6, 6.07) is 7.65. The van der Waals surface area contributed by atoms with Crippen LogP contribution in [0.5, 0.6) is 0 Å². The second-order valence-corrected chi connectivity index (χ2v) is 4.64. The summed E-state index contributed by atoms with van der Waals surface area (Å²) in [6.07, 6.45) is 3.50. The predicted molar refractivity (Wildman–Crippen MR) is 71.4 cm³/mol. The van der Waals surface area contributed by atoms with Crippen molar-refractivity contribution < 1.29 is 0 Å². The summed E-state index contributed by atoms with van der Waals surface area (Å²) in [5.74, 6) is 0.770. The van der Waals surface area contributed by atoms with E-state index in [1.54, 1.807) is 12.4 Å². The molecule has 0 saturated heterocycles. The molecular weight excluding hydrogens is 280 g/mol. The number of nitrogens with zero attached hydrogens (tertiary/aromatic N) is 2. The van der Waals surface area contributed by atoms with E-state index in [4.69, 9.17) is 5.73 Å². The standard InChI is InChI=1S/C12H9BrN4/c13-8-4-7(5-15-6-8)12-16-10-3-1-2-9(14)11(10)17-12/h1-6H,14H2,(H,16,17). The second kappa shape index (κ2) is 3.85. The Kier molecular flexibility index (Phi) is 2.33. The van der Waals surface area contributed by atoms with Gasteiger partial charge in [-0.05, 0) is 34.1 Å². The van der Waals surface area contributed by atoms with Crippen LogP contribution in [0, 0.1) is 0 Å². The lowest BCUT2D eigenvalue weighted by Gasteiger charge is -1.95. The van der Waals surface area contributed by atoms with Crippen LogP contribution in [0.3, 0.4) is 0 Å². The van der Waals surface area contributed by atoms with Crippen molar-refractivity contribution in [2.45, 2.75) is 0 Å². The van der Waals surface area contributed by atoms with Gasteiger partial charge < -0.3 is 10.7 Å². The number of imidazole rings is 1. The molecule has 0 saturated carbocycles. The first-order valence-electron chi connectivity index (χ1n) is 5.09. The van der Waals surface area contributed by atoms with Gasteiger partial charge in [0.2, 0.25) is 0 Å². The van der Waals surface area contributed by atoms with Crippen molar-refractivity contribution in [3.63, 3.8) is 0 Å². The maximum absolute atomic E-state index is 5.87. The van der Waals surface area contributed by atoms with Gasteiger partial charge in [0.1, 0.15) is 11.3 Å². The Balaban J connectivity index is 2.22.